The molecule has 7 rings (SSSR count). The average molecular weight is 716 g/mol. The van der Waals surface area contributed by atoms with Gasteiger partial charge in [0.25, 0.3) is 0 Å². The lowest BCUT2D eigenvalue weighted by Crippen LogP contribution is -2.10. The van der Waals surface area contributed by atoms with E-state index >= 15 is 0 Å². The molecular formula is C40H33Br2N3. The molecule has 222 valence electrons. The van der Waals surface area contributed by atoms with Crippen LogP contribution in [0.2, 0.25) is 0 Å². The highest BCUT2D eigenvalue weighted by Gasteiger charge is 2.19. The number of rotatable bonds is 9. The van der Waals surface area contributed by atoms with Crippen molar-refractivity contribution in [3.8, 4) is 0 Å². The van der Waals surface area contributed by atoms with Gasteiger partial charge in [0, 0.05) is 71.4 Å². The summed E-state index contributed by atoms with van der Waals surface area (Å²) in [7, 11) is 0. The molecule has 3 nitrogen and oxygen atoms in total. The summed E-state index contributed by atoms with van der Waals surface area (Å²) >= 11 is 7.40. The van der Waals surface area contributed by atoms with E-state index < -0.39 is 0 Å². The molecule has 6 aromatic carbocycles. The van der Waals surface area contributed by atoms with Gasteiger partial charge in [0.05, 0.1) is 0 Å². The van der Waals surface area contributed by atoms with E-state index in [4.69, 9.17) is 0 Å². The molecule has 0 N–H and O–H groups in total. The van der Waals surface area contributed by atoms with Gasteiger partial charge in [-0.2, -0.15) is 0 Å². The van der Waals surface area contributed by atoms with Crippen molar-refractivity contribution in [2.45, 2.75) is 26.3 Å². The lowest BCUT2D eigenvalue weighted by molar-refractivity contribution is 0.665. The number of hydrogen-bond acceptors (Lipinski definition) is 2. The van der Waals surface area contributed by atoms with E-state index in [2.05, 4.69) is 199 Å². The van der Waals surface area contributed by atoms with E-state index in [1.165, 1.54) is 21.8 Å². The highest BCUT2D eigenvalue weighted by molar-refractivity contribution is 9.10. The third-order valence-corrected chi connectivity index (χ3v) is 9.23. The lowest BCUT2D eigenvalue weighted by atomic mass is 10.1. The van der Waals surface area contributed by atoms with Crippen LogP contribution in [0.5, 0.6) is 0 Å². The minimum absolute atomic E-state index is 0.983. The van der Waals surface area contributed by atoms with Crippen LogP contribution >= 0.6 is 31.9 Å². The van der Waals surface area contributed by atoms with Crippen LogP contribution in [0.3, 0.4) is 0 Å². The summed E-state index contributed by atoms with van der Waals surface area (Å²) in [6.45, 7) is 3.24. The van der Waals surface area contributed by atoms with E-state index in [-0.39, 0.29) is 0 Å². The molecule has 0 radical (unpaired) electrons. The van der Waals surface area contributed by atoms with Gasteiger partial charge in [-0.25, -0.2) is 0 Å². The molecule has 0 fully saturated rings. The minimum atomic E-state index is 0.983. The molecule has 0 saturated carbocycles. The fraction of sp³-hybridized carbons (Fsp3) is 0.100. The Morgan fingerprint density at radius 2 is 0.889 bits per heavy atom. The molecule has 45 heavy (non-hydrogen) atoms. The molecule has 1 aromatic heterocycles. The van der Waals surface area contributed by atoms with Crippen molar-refractivity contribution < 1.29 is 0 Å². The summed E-state index contributed by atoms with van der Waals surface area (Å²) in [5.41, 5.74) is 9.22. The highest BCUT2D eigenvalue weighted by atomic mass is 79.9. The summed E-state index contributed by atoms with van der Waals surface area (Å²) in [5, 5.41) is 2.50. The Morgan fingerprint density at radius 1 is 0.467 bits per heavy atom. The molecule has 5 heteroatoms. The zero-order valence-corrected chi connectivity index (χ0v) is 28.2. The number of fused-ring (bicyclic) bond motifs is 3. The van der Waals surface area contributed by atoms with Crippen molar-refractivity contribution in [1.82, 2.24) is 4.57 Å². The maximum absolute atomic E-state index is 3.70. The first-order chi connectivity index (χ1) is 22.1. The number of halogens is 2. The fourth-order valence-electron chi connectivity index (χ4n) is 6.19. The van der Waals surface area contributed by atoms with Gasteiger partial charge in [-0.3, -0.25) is 0 Å². The van der Waals surface area contributed by atoms with Gasteiger partial charge in [-0.1, -0.05) is 93.7 Å². The quantitative estimate of drug-likeness (QED) is 0.147. The van der Waals surface area contributed by atoms with Gasteiger partial charge in [0.1, 0.15) is 0 Å². The topological polar surface area (TPSA) is 11.4 Å². The van der Waals surface area contributed by atoms with E-state index in [0.717, 1.165) is 62.5 Å². The fourth-order valence-corrected chi connectivity index (χ4v) is 6.97. The van der Waals surface area contributed by atoms with Crippen LogP contribution in [0.1, 0.15) is 19.8 Å². The zero-order chi connectivity index (χ0) is 30.8. The van der Waals surface area contributed by atoms with Gasteiger partial charge in [0.2, 0.25) is 0 Å². The summed E-state index contributed by atoms with van der Waals surface area (Å²) in [6, 6.07) is 52.1. The van der Waals surface area contributed by atoms with Crippen molar-refractivity contribution in [3.63, 3.8) is 0 Å². The van der Waals surface area contributed by atoms with Crippen molar-refractivity contribution in [1.29, 1.82) is 0 Å². The Bertz CT molecular complexity index is 1940. The van der Waals surface area contributed by atoms with Crippen LogP contribution in [0.15, 0.2) is 155 Å². The molecule has 0 bridgehead atoms. The number of anilines is 6. The van der Waals surface area contributed by atoms with Crippen LogP contribution in [-0.4, -0.2) is 4.57 Å². The molecule has 0 aliphatic carbocycles. The SMILES string of the molecule is CCCCn1c2ccc(N(c3ccccc3)c3cccc(Br)c3)cc2c2cc(N(c3ccccc3)c3cccc(Br)c3)ccc21. The normalized spacial score (nSPS) is 11.3. The number of aryl methyl sites for hydroxylation is 1. The monoisotopic (exact) mass is 713 g/mol. The van der Waals surface area contributed by atoms with Crippen molar-refractivity contribution in [2.75, 3.05) is 9.80 Å². The molecular weight excluding hydrogens is 682 g/mol. The first-order valence-corrected chi connectivity index (χ1v) is 17.0. The second-order valence-electron chi connectivity index (χ2n) is 11.2. The van der Waals surface area contributed by atoms with Crippen molar-refractivity contribution in [3.05, 3.63) is 155 Å². The number of nitrogens with zero attached hydrogens (tertiary/aromatic N) is 3. The Morgan fingerprint density at radius 3 is 1.31 bits per heavy atom. The summed E-state index contributed by atoms with van der Waals surface area (Å²) < 4.78 is 4.60. The molecule has 0 aliphatic heterocycles. The maximum Gasteiger partial charge on any atom is 0.0492 e. The van der Waals surface area contributed by atoms with Crippen LogP contribution in [0, 0.1) is 0 Å². The van der Waals surface area contributed by atoms with E-state index in [1.54, 1.807) is 0 Å². The molecule has 0 amide bonds. The Balaban J connectivity index is 1.46. The van der Waals surface area contributed by atoms with Gasteiger partial charge in [0.15, 0.2) is 0 Å². The van der Waals surface area contributed by atoms with E-state index in [9.17, 15) is 0 Å². The van der Waals surface area contributed by atoms with Crippen LogP contribution in [0.4, 0.5) is 34.1 Å². The van der Waals surface area contributed by atoms with Gasteiger partial charge < -0.3 is 14.4 Å². The molecule has 0 atom stereocenters. The number of unbranched alkanes of at least 4 members (excludes halogenated alkanes) is 1. The van der Waals surface area contributed by atoms with Crippen LogP contribution in [0.25, 0.3) is 21.8 Å². The predicted octanol–water partition coefficient (Wildman–Crippen LogP) is 13.1. The highest BCUT2D eigenvalue weighted by Crippen LogP contribution is 2.42. The minimum Gasteiger partial charge on any atom is -0.340 e. The van der Waals surface area contributed by atoms with Crippen molar-refractivity contribution in [2.24, 2.45) is 0 Å². The smallest absolute Gasteiger partial charge is 0.0492 e. The van der Waals surface area contributed by atoms with Gasteiger partial charge >= 0.3 is 0 Å². The Kier molecular flexibility index (Phi) is 8.47. The third-order valence-electron chi connectivity index (χ3n) is 8.25. The maximum atomic E-state index is 3.70. The van der Waals surface area contributed by atoms with Crippen LogP contribution in [-0.2, 0) is 6.54 Å². The molecule has 7 aromatic rings. The number of benzene rings is 6. The summed E-state index contributed by atoms with van der Waals surface area (Å²) in [4.78, 5) is 4.67. The predicted molar refractivity (Wildman–Crippen MR) is 199 cm³/mol. The van der Waals surface area contributed by atoms with E-state index in [1.807, 2.05) is 0 Å². The van der Waals surface area contributed by atoms with E-state index in [0.29, 0.717) is 0 Å². The number of aromatic nitrogens is 1. The summed E-state index contributed by atoms with van der Waals surface area (Å²) in [6.07, 6.45) is 2.28. The number of hydrogen-bond donors (Lipinski definition) is 0. The first kappa shape index (κ1) is 29.4. The summed E-state index contributed by atoms with van der Waals surface area (Å²) in [5.74, 6) is 0. The standard InChI is InChI=1S/C40H33Br2N3/c1-2-3-24-43-39-22-20-35(44(31-14-6-4-7-15-31)33-18-10-12-29(41)25-33)27-37(39)38-28-36(21-23-40(38)43)45(32-16-8-5-9-17-32)34-19-11-13-30(42)26-34/h4-23,25-28H,2-3,24H2,1H3. The Hall–Kier alpha value is -4.32. The molecule has 0 saturated heterocycles. The second kappa shape index (κ2) is 13.0. The van der Waals surface area contributed by atoms with Gasteiger partial charge in [-0.15, -0.1) is 0 Å². The zero-order valence-electron chi connectivity index (χ0n) is 25.1. The first-order valence-electron chi connectivity index (χ1n) is 15.4. The molecule has 0 spiro atoms. The second-order valence-corrected chi connectivity index (χ2v) is 13.0. The van der Waals surface area contributed by atoms with Crippen molar-refractivity contribution >= 4 is 87.8 Å². The molecule has 1 heterocycles. The third kappa shape index (κ3) is 5.90. The van der Waals surface area contributed by atoms with Gasteiger partial charge in [-0.05, 0) is 103 Å². The average Bonchev–Trinajstić information content (AvgIpc) is 3.37. The lowest BCUT2D eigenvalue weighted by Gasteiger charge is -2.26. The largest absolute Gasteiger partial charge is 0.340 e. The number of para-hydroxylation sites is 2. The van der Waals surface area contributed by atoms with Crippen LogP contribution < -0.4 is 9.80 Å². The molecule has 0 aliphatic rings. The Labute approximate surface area is 281 Å². The molecule has 0 unspecified atom stereocenters.